The van der Waals surface area contributed by atoms with Gasteiger partial charge in [-0.3, -0.25) is 0 Å². The average Bonchev–Trinajstić information content (AvgIpc) is 2.32. The smallest absolute Gasteiger partial charge is 0.0753 e. The van der Waals surface area contributed by atoms with Crippen molar-refractivity contribution in [3.63, 3.8) is 0 Å². The SMILES string of the molecule is CC(C)(C)[C@H]1CC[C@H](O)/C(=C/c2ccccc2)C1. The summed E-state index contributed by atoms with van der Waals surface area (Å²) in [5.41, 5.74) is 2.73. The first-order valence-electron chi connectivity index (χ1n) is 6.90. The van der Waals surface area contributed by atoms with E-state index in [1.165, 1.54) is 11.1 Å². The quantitative estimate of drug-likeness (QED) is 0.782. The van der Waals surface area contributed by atoms with Crippen molar-refractivity contribution in [2.75, 3.05) is 0 Å². The molecule has 0 heterocycles. The molecular formula is C17H24O. The van der Waals surface area contributed by atoms with Crippen LogP contribution in [0.5, 0.6) is 0 Å². The Labute approximate surface area is 111 Å². The summed E-state index contributed by atoms with van der Waals surface area (Å²) in [5, 5.41) is 10.1. The van der Waals surface area contributed by atoms with Crippen LogP contribution in [-0.2, 0) is 0 Å². The predicted molar refractivity (Wildman–Crippen MR) is 77.2 cm³/mol. The fourth-order valence-corrected chi connectivity index (χ4v) is 2.72. The van der Waals surface area contributed by atoms with Gasteiger partial charge >= 0.3 is 0 Å². The van der Waals surface area contributed by atoms with E-state index >= 15 is 0 Å². The van der Waals surface area contributed by atoms with Crippen LogP contribution >= 0.6 is 0 Å². The van der Waals surface area contributed by atoms with Crippen LogP contribution in [0, 0.1) is 11.3 Å². The van der Waals surface area contributed by atoms with E-state index < -0.39 is 0 Å². The van der Waals surface area contributed by atoms with E-state index in [0.717, 1.165) is 19.3 Å². The van der Waals surface area contributed by atoms with Gasteiger partial charge in [0.25, 0.3) is 0 Å². The zero-order valence-corrected chi connectivity index (χ0v) is 11.7. The van der Waals surface area contributed by atoms with Crippen LogP contribution in [0.25, 0.3) is 6.08 Å². The Kier molecular flexibility index (Phi) is 3.91. The molecule has 18 heavy (non-hydrogen) atoms. The van der Waals surface area contributed by atoms with Gasteiger partial charge in [-0.25, -0.2) is 0 Å². The molecule has 1 aromatic carbocycles. The van der Waals surface area contributed by atoms with Gasteiger partial charge in [0.05, 0.1) is 6.10 Å². The molecule has 0 unspecified atom stereocenters. The summed E-state index contributed by atoms with van der Waals surface area (Å²) in [6.07, 6.45) is 4.99. The predicted octanol–water partition coefficient (Wildman–Crippen LogP) is 4.28. The van der Waals surface area contributed by atoms with E-state index in [1.54, 1.807) is 0 Å². The Morgan fingerprint density at radius 3 is 2.39 bits per heavy atom. The molecule has 1 aliphatic rings. The summed E-state index contributed by atoms with van der Waals surface area (Å²) in [4.78, 5) is 0. The summed E-state index contributed by atoms with van der Waals surface area (Å²) in [6, 6.07) is 10.3. The van der Waals surface area contributed by atoms with Gasteiger partial charge in [0.2, 0.25) is 0 Å². The molecule has 2 atom stereocenters. The first-order valence-corrected chi connectivity index (χ1v) is 6.90. The van der Waals surface area contributed by atoms with E-state index in [1.807, 2.05) is 18.2 Å². The Bertz CT molecular complexity index is 411. The minimum atomic E-state index is -0.246. The maximum Gasteiger partial charge on any atom is 0.0753 e. The van der Waals surface area contributed by atoms with Gasteiger partial charge in [-0.05, 0) is 41.7 Å². The lowest BCUT2D eigenvalue weighted by atomic mass is 9.70. The van der Waals surface area contributed by atoms with Crippen molar-refractivity contribution in [2.24, 2.45) is 11.3 Å². The lowest BCUT2D eigenvalue weighted by Gasteiger charge is -2.37. The number of aliphatic hydroxyl groups is 1. The molecule has 1 heteroatoms. The van der Waals surface area contributed by atoms with Crippen molar-refractivity contribution in [1.29, 1.82) is 0 Å². The molecule has 1 aliphatic carbocycles. The Morgan fingerprint density at radius 1 is 1.11 bits per heavy atom. The summed E-state index contributed by atoms with van der Waals surface area (Å²) in [5.74, 6) is 0.677. The number of benzene rings is 1. The highest BCUT2D eigenvalue weighted by Gasteiger charge is 2.31. The highest BCUT2D eigenvalue weighted by molar-refractivity contribution is 5.54. The highest BCUT2D eigenvalue weighted by Crippen LogP contribution is 2.40. The van der Waals surface area contributed by atoms with Crippen LogP contribution in [-0.4, -0.2) is 11.2 Å². The molecule has 0 aliphatic heterocycles. The molecule has 0 aromatic heterocycles. The summed E-state index contributed by atoms with van der Waals surface area (Å²) in [7, 11) is 0. The molecule has 0 amide bonds. The first kappa shape index (κ1) is 13.4. The fourth-order valence-electron chi connectivity index (χ4n) is 2.72. The van der Waals surface area contributed by atoms with Crippen molar-refractivity contribution in [2.45, 2.75) is 46.1 Å². The molecule has 1 aromatic rings. The summed E-state index contributed by atoms with van der Waals surface area (Å²) >= 11 is 0. The Hall–Kier alpha value is -1.08. The zero-order valence-electron chi connectivity index (χ0n) is 11.7. The number of hydrogen-bond acceptors (Lipinski definition) is 1. The van der Waals surface area contributed by atoms with E-state index in [0.29, 0.717) is 11.3 Å². The molecule has 2 rings (SSSR count). The van der Waals surface area contributed by atoms with Gasteiger partial charge < -0.3 is 5.11 Å². The molecule has 0 bridgehead atoms. The largest absolute Gasteiger partial charge is 0.389 e. The van der Waals surface area contributed by atoms with Crippen molar-refractivity contribution in [3.05, 3.63) is 41.5 Å². The molecular weight excluding hydrogens is 220 g/mol. The van der Waals surface area contributed by atoms with Crippen molar-refractivity contribution in [1.82, 2.24) is 0 Å². The Morgan fingerprint density at radius 2 is 1.78 bits per heavy atom. The van der Waals surface area contributed by atoms with Crippen LogP contribution in [0.15, 0.2) is 35.9 Å². The zero-order chi connectivity index (χ0) is 13.2. The second-order valence-corrected chi connectivity index (χ2v) is 6.49. The third-order valence-electron chi connectivity index (χ3n) is 4.08. The van der Waals surface area contributed by atoms with Crippen LogP contribution < -0.4 is 0 Å². The van der Waals surface area contributed by atoms with Gasteiger partial charge in [0.1, 0.15) is 0 Å². The van der Waals surface area contributed by atoms with Crippen molar-refractivity contribution in [3.8, 4) is 0 Å². The lowest BCUT2D eigenvalue weighted by Crippen LogP contribution is -2.29. The molecule has 0 radical (unpaired) electrons. The normalized spacial score (nSPS) is 27.4. The molecule has 1 fully saturated rings. The standard InChI is InChI=1S/C17H24O/c1-17(2,3)15-9-10-16(18)14(12-15)11-13-7-5-4-6-8-13/h4-8,11,15-16,18H,9-10,12H2,1-3H3/b14-11+/t15-,16-/m0/s1. The Balaban J connectivity index is 2.18. The lowest BCUT2D eigenvalue weighted by molar-refractivity contribution is 0.118. The van der Waals surface area contributed by atoms with Crippen molar-refractivity contribution < 1.29 is 5.11 Å². The average molecular weight is 244 g/mol. The third-order valence-corrected chi connectivity index (χ3v) is 4.08. The number of hydrogen-bond donors (Lipinski definition) is 1. The molecule has 1 N–H and O–H groups in total. The van der Waals surface area contributed by atoms with E-state index in [4.69, 9.17) is 0 Å². The van der Waals surface area contributed by atoms with E-state index in [-0.39, 0.29) is 6.10 Å². The molecule has 0 saturated heterocycles. The van der Waals surface area contributed by atoms with Gasteiger partial charge in [-0.1, -0.05) is 57.2 Å². The molecule has 1 saturated carbocycles. The van der Waals surface area contributed by atoms with Crippen LogP contribution in [0.1, 0.15) is 45.6 Å². The number of rotatable bonds is 1. The van der Waals surface area contributed by atoms with Gasteiger partial charge in [0.15, 0.2) is 0 Å². The second-order valence-electron chi connectivity index (χ2n) is 6.49. The topological polar surface area (TPSA) is 20.2 Å². The van der Waals surface area contributed by atoms with Crippen LogP contribution in [0.3, 0.4) is 0 Å². The van der Waals surface area contributed by atoms with E-state index in [2.05, 4.69) is 39.0 Å². The third kappa shape index (κ3) is 3.23. The monoisotopic (exact) mass is 244 g/mol. The molecule has 98 valence electrons. The van der Waals surface area contributed by atoms with Gasteiger partial charge in [-0.2, -0.15) is 0 Å². The minimum absolute atomic E-state index is 0.246. The highest BCUT2D eigenvalue weighted by atomic mass is 16.3. The summed E-state index contributed by atoms with van der Waals surface area (Å²) < 4.78 is 0. The summed E-state index contributed by atoms with van der Waals surface area (Å²) in [6.45, 7) is 6.90. The number of aliphatic hydroxyl groups excluding tert-OH is 1. The fraction of sp³-hybridized carbons (Fsp3) is 0.529. The maximum atomic E-state index is 10.1. The van der Waals surface area contributed by atoms with Crippen LogP contribution in [0.4, 0.5) is 0 Å². The first-order chi connectivity index (χ1) is 8.47. The molecule has 0 spiro atoms. The molecule has 1 nitrogen and oxygen atoms in total. The van der Waals surface area contributed by atoms with Gasteiger partial charge in [0, 0.05) is 0 Å². The van der Waals surface area contributed by atoms with Gasteiger partial charge in [-0.15, -0.1) is 0 Å². The van der Waals surface area contributed by atoms with Crippen LogP contribution in [0.2, 0.25) is 0 Å². The second kappa shape index (κ2) is 5.27. The van der Waals surface area contributed by atoms with E-state index in [9.17, 15) is 5.11 Å². The minimum Gasteiger partial charge on any atom is -0.389 e. The van der Waals surface area contributed by atoms with Crippen molar-refractivity contribution >= 4 is 6.08 Å². The maximum absolute atomic E-state index is 10.1.